The summed E-state index contributed by atoms with van der Waals surface area (Å²) in [5.41, 5.74) is 2.03. The van der Waals surface area contributed by atoms with E-state index in [1.165, 1.54) is 16.7 Å². The van der Waals surface area contributed by atoms with Crippen molar-refractivity contribution in [1.82, 2.24) is 25.3 Å². The Balaban J connectivity index is 1.84. The van der Waals surface area contributed by atoms with Gasteiger partial charge in [0, 0.05) is 17.9 Å². The number of amides is 2. The fourth-order valence-corrected chi connectivity index (χ4v) is 3.94. The Morgan fingerprint density at radius 2 is 1.75 bits per heavy atom. The van der Waals surface area contributed by atoms with Gasteiger partial charge >= 0.3 is 0 Å². The van der Waals surface area contributed by atoms with E-state index in [2.05, 4.69) is 20.6 Å². The highest BCUT2D eigenvalue weighted by Crippen LogP contribution is 2.35. The van der Waals surface area contributed by atoms with Crippen LogP contribution in [-0.4, -0.2) is 44.4 Å². The van der Waals surface area contributed by atoms with E-state index < -0.39 is 11.6 Å². The average Bonchev–Trinajstić information content (AvgIpc) is 3.30. The van der Waals surface area contributed by atoms with Gasteiger partial charge in [-0.3, -0.25) is 19.5 Å². The zero-order valence-corrected chi connectivity index (χ0v) is 20.9. The molecule has 0 saturated heterocycles. The molecular formula is C27H30N6O3. The van der Waals surface area contributed by atoms with Gasteiger partial charge < -0.3 is 10.1 Å². The molecule has 9 heteroatoms. The van der Waals surface area contributed by atoms with E-state index in [4.69, 9.17) is 4.74 Å². The maximum Gasteiger partial charge on any atom is 0.249 e. The van der Waals surface area contributed by atoms with Crippen molar-refractivity contribution in [3.05, 3.63) is 78.6 Å². The minimum atomic E-state index is -0.975. The molecule has 1 N–H and O–H groups in total. The third-order valence-corrected chi connectivity index (χ3v) is 6.19. The number of ether oxygens (including phenoxy) is 1. The van der Waals surface area contributed by atoms with Crippen molar-refractivity contribution < 1.29 is 14.3 Å². The minimum Gasteiger partial charge on any atom is -0.495 e. The molecule has 2 aromatic heterocycles. The van der Waals surface area contributed by atoms with Gasteiger partial charge in [-0.1, -0.05) is 36.4 Å². The Labute approximate surface area is 210 Å². The minimum absolute atomic E-state index is 0.120. The zero-order chi connectivity index (χ0) is 25.7. The Morgan fingerprint density at radius 1 is 1.06 bits per heavy atom. The molecule has 0 bridgehead atoms. The van der Waals surface area contributed by atoms with Crippen LogP contribution in [0.5, 0.6) is 5.75 Å². The summed E-state index contributed by atoms with van der Waals surface area (Å²) < 4.78 is 7.14. The average molecular weight is 487 g/mol. The third-order valence-electron chi connectivity index (χ3n) is 6.19. The molecule has 2 aromatic carbocycles. The fourth-order valence-electron chi connectivity index (χ4n) is 3.94. The lowest BCUT2D eigenvalue weighted by Crippen LogP contribution is -2.51. The molecule has 4 rings (SSSR count). The van der Waals surface area contributed by atoms with E-state index >= 15 is 0 Å². The van der Waals surface area contributed by atoms with Crippen LogP contribution >= 0.6 is 0 Å². The number of hydrogen-bond donors (Lipinski definition) is 1. The number of rotatable bonds is 9. The lowest BCUT2D eigenvalue weighted by molar-refractivity contribution is -0.128. The van der Waals surface area contributed by atoms with Crippen molar-refractivity contribution >= 4 is 28.5 Å². The second-order valence-electron chi connectivity index (χ2n) is 9.08. The largest absolute Gasteiger partial charge is 0.495 e. The number of hydrogen-bond acceptors (Lipinski definition) is 6. The first kappa shape index (κ1) is 24.8. The fraction of sp³-hybridized carbons (Fsp3) is 0.296. The molecule has 0 saturated carbocycles. The van der Waals surface area contributed by atoms with E-state index in [9.17, 15) is 9.59 Å². The lowest BCUT2D eigenvalue weighted by atomic mass is 9.98. The topological polar surface area (TPSA) is 102 Å². The standard InChI is InChI=1S/C27H30N6O3/c1-5-27(2,3)29-26(35)25(19-14-16-28-17-15-19)33(22-12-8-9-13-23(22)36-4)24(34)18-32-21-11-7-6-10-20(21)30-31-32/h6-17,25H,5,18H2,1-4H3,(H,29,35). The summed E-state index contributed by atoms with van der Waals surface area (Å²) in [5.74, 6) is -0.187. The molecular weight excluding hydrogens is 456 g/mol. The molecule has 0 aliphatic heterocycles. The van der Waals surface area contributed by atoms with Crippen LogP contribution in [0.1, 0.15) is 38.8 Å². The molecule has 2 amide bonds. The predicted octanol–water partition coefficient (Wildman–Crippen LogP) is 3.91. The van der Waals surface area contributed by atoms with Crippen LogP contribution in [0.4, 0.5) is 5.69 Å². The highest BCUT2D eigenvalue weighted by Gasteiger charge is 2.36. The summed E-state index contributed by atoms with van der Waals surface area (Å²) in [7, 11) is 1.54. The maximum absolute atomic E-state index is 14.1. The number of anilines is 1. The van der Waals surface area contributed by atoms with Crippen molar-refractivity contribution in [3.8, 4) is 5.75 Å². The number of nitrogens with one attached hydrogen (secondary N) is 1. The number of carbonyl (C=O) groups excluding carboxylic acids is 2. The normalized spacial score (nSPS) is 12.2. The Kier molecular flexibility index (Phi) is 7.28. The monoisotopic (exact) mass is 486 g/mol. The summed E-state index contributed by atoms with van der Waals surface area (Å²) >= 11 is 0. The number of pyridine rings is 1. The molecule has 9 nitrogen and oxygen atoms in total. The van der Waals surface area contributed by atoms with Gasteiger partial charge in [-0.05, 0) is 62.2 Å². The molecule has 1 atom stereocenters. The number of nitrogens with zero attached hydrogens (tertiary/aromatic N) is 5. The Hall–Kier alpha value is -4.27. The van der Waals surface area contributed by atoms with Crippen LogP contribution in [0.15, 0.2) is 73.1 Å². The number of para-hydroxylation sites is 3. The molecule has 36 heavy (non-hydrogen) atoms. The second kappa shape index (κ2) is 10.6. The van der Waals surface area contributed by atoms with Crippen molar-refractivity contribution in [1.29, 1.82) is 0 Å². The molecule has 0 aliphatic carbocycles. The second-order valence-corrected chi connectivity index (χ2v) is 9.08. The third kappa shape index (κ3) is 5.19. The predicted molar refractivity (Wildman–Crippen MR) is 137 cm³/mol. The van der Waals surface area contributed by atoms with Crippen LogP contribution in [0.25, 0.3) is 11.0 Å². The molecule has 186 valence electrons. The van der Waals surface area contributed by atoms with Gasteiger partial charge in [-0.15, -0.1) is 5.10 Å². The first-order chi connectivity index (χ1) is 17.3. The van der Waals surface area contributed by atoms with Crippen LogP contribution in [0.3, 0.4) is 0 Å². The van der Waals surface area contributed by atoms with Crippen LogP contribution < -0.4 is 15.0 Å². The van der Waals surface area contributed by atoms with Crippen LogP contribution in [0.2, 0.25) is 0 Å². The summed E-state index contributed by atoms with van der Waals surface area (Å²) in [5, 5.41) is 11.5. The van der Waals surface area contributed by atoms with Crippen molar-refractivity contribution in [3.63, 3.8) is 0 Å². The van der Waals surface area contributed by atoms with Gasteiger partial charge in [0.25, 0.3) is 0 Å². The number of benzene rings is 2. The quantitative estimate of drug-likeness (QED) is 0.385. The summed E-state index contributed by atoms with van der Waals surface area (Å²) in [6.45, 7) is 5.78. The van der Waals surface area contributed by atoms with Gasteiger partial charge in [0.2, 0.25) is 11.8 Å². The molecule has 0 spiro atoms. The maximum atomic E-state index is 14.1. The lowest BCUT2D eigenvalue weighted by Gasteiger charge is -2.35. The van der Waals surface area contributed by atoms with Gasteiger partial charge in [-0.25, -0.2) is 4.68 Å². The van der Waals surface area contributed by atoms with E-state index in [1.54, 1.807) is 42.7 Å². The van der Waals surface area contributed by atoms with E-state index in [1.807, 2.05) is 51.1 Å². The summed E-state index contributed by atoms with van der Waals surface area (Å²) in [6, 6.07) is 17.1. The number of aromatic nitrogens is 4. The number of methoxy groups -OCH3 is 1. The molecule has 2 heterocycles. The molecule has 1 unspecified atom stereocenters. The van der Waals surface area contributed by atoms with Crippen molar-refractivity contribution in [2.45, 2.75) is 45.3 Å². The van der Waals surface area contributed by atoms with E-state index in [-0.39, 0.29) is 18.4 Å². The summed E-state index contributed by atoms with van der Waals surface area (Å²) in [6.07, 6.45) is 3.93. The summed E-state index contributed by atoms with van der Waals surface area (Å²) in [4.78, 5) is 33.5. The Bertz CT molecular complexity index is 1350. The van der Waals surface area contributed by atoms with Crippen LogP contribution in [-0.2, 0) is 16.1 Å². The van der Waals surface area contributed by atoms with Gasteiger partial charge in [0.05, 0.1) is 18.3 Å². The molecule has 0 aliphatic rings. The van der Waals surface area contributed by atoms with Gasteiger partial charge in [-0.2, -0.15) is 0 Å². The molecule has 0 radical (unpaired) electrons. The Morgan fingerprint density at radius 3 is 2.47 bits per heavy atom. The SMILES string of the molecule is CCC(C)(C)NC(=O)C(c1ccncc1)N(C(=O)Cn1nnc2ccccc21)c1ccccc1OC. The van der Waals surface area contributed by atoms with Gasteiger partial charge in [0.15, 0.2) is 0 Å². The molecule has 0 fully saturated rings. The smallest absolute Gasteiger partial charge is 0.249 e. The number of carbonyl (C=O) groups is 2. The van der Waals surface area contributed by atoms with Crippen molar-refractivity contribution in [2.75, 3.05) is 12.0 Å². The van der Waals surface area contributed by atoms with Crippen molar-refractivity contribution in [2.24, 2.45) is 0 Å². The van der Waals surface area contributed by atoms with E-state index in [0.717, 1.165) is 11.9 Å². The van der Waals surface area contributed by atoms with E-state index in [0.29, 0.717) is 22.5 Å². The molecule has 4 aromatic rings. The van der Waals surface area contributed by atoms with Crippen LogP contribution in [0, 0.1) is 0 Å². The highest BCUT2D eigenvalue weighted by molar-refractivity contribution is 6.02. The zero-order valence-electron chi connectivity index (χ0n) is 20.9. The number of fused-ring (bicyclic) bond motifs is 1. The first-order valence-corrected chi connectivity index (χ1v) is 11.8. The highest BCUT2D eigenvalue weighted by atomic mass is 16.5. The van der Waals surface area contributed by atoms with Gasteiger partial charge in [0.1, 0.15) is 23.9 Å². The first-order valence-electron chi connectivity index (χ1n) is 11.8.